The monoisotopic (exact) mass is 446 g/mol. The fourth-order valence-electron chi connectivity index (χ4n) is 2.96. The van der Waals surface area contributed by atoms with Gasteiger partial charge in [0.15, 0.2) is 29.2 Å². The second kappa shape index (κ2) is 8.47. The van der Waals surface area contributed by atoms with E-state index in [0.717, 1.165) is 0 Å². The first-order valence-electron chi connectivity index (χ1n) is 8.36. The summed E-state index contributed by atoms with van der Waals surface area (Å²) in [6.07, 6.45) is -2.71. The Kier molecular flexibility index (Phi) is 6.20. The molecule has 0 spiro atoms. The Bertz CT molecular complexity index is 966. The van der Waals surface area contributed by atoms with Gasteiger partial charge in [0.2, 0.25) is 5.28 Å². The fourth-order valence-corrected chi connectivity index (χ4v) is 3.38. The number of aromatic nitrogens is 4. The van der Waals surface area contributed by atoms with E-state index in [4.69, 9.17) is 42.1 Å². The quantitative estimate of drug-likeness (QED) is 0.287. The van der Waals surface area contributed by atoms with Crippen LogP contribution < -0.4 is 0 Å². The lowest BCUT2D eigenvalue weighted by atomic mass is 10.1. The molecular weight excluding hydrogens is 431 g/mol. The molecule has 0 bridgehead atoms. The highest BCUT2D eigenvalue weighted by atomic mass is 35.5. The second-order valence-corrected chi connectivity index (χ2v) is 6.82. The van der Waals surface area contributed by atoms with Crippen LogP contribution in [0.3, 0.4) is 0 Å². The van der Waals surface area contributed by atoms with Crippen LogP contribution in [0.1, 0.15) is 27.0 Å². The number of ether oxygens (including phenoxy) is 4. The van der Waals surface area contributed by atoms with Gasteiger partial charge in [-0.25, -0.2) is 9.97 Å². The van der Waals surface area contributed by atoms with E-state index in [0.29, 0.717) is 0 Å². The first kappa shape index (κ1) is 21.2. The highest BCUT2D eigenvalue weighted by Gasteiger charge is 2.51. The third-order valence-electron chi connectivity index (χ3n) is 3.97. The number of fused-ring (bicyclic) bond motifs is 1. The molecule has 0 radical (unpaired) electrons. The van der Waals surface area contributed by atoms with Gasteiger partial charge in [-0.15, -0.1) is 0 Å². The van der Waals surface area contributed by atoms with E-state index in [1.165, 1.54) is 31.7 Å². The molecule has 3 heterocycles. The van der Waals surface area contributed by atoms with Gasteiger partial charge >= 0.3 is 17.9 Å². The maximum absolute atomic E-state index is 11.7. The summed E-state index contributed by atoms with van der Waals surface area (Å²) >= 11 is 11.9. The van der Waals surface area contributed by atoms with Gasteiger partial charge in [0, 0.05) is 20.8 Å². The van der Waals surface area contributed by atoms with Crippen molar-refractivity contribution in [3.8, 4) is 0 Å². The molecule has 0 saturated carbocycles. The highest BCUT2D eigenvalue weighted by molar-refractivity contribution is 6.35. The molecule has 29 heavy (non-hydrogen) atoms. The van der Waals surface area contributed by atoms with Crippen molar-refractivity contribution in [2.75, 3.05) is 6.61 Å². The van der Waals surface area contributed by atoms with Crippen LogP contribution in [0, 0.1) is 0 Å². The summed E-state index contributed by atoms with van der Waals surface area (Å²) in [4.78, 5) is 46.6. The van der Waals surface area contributed by atoms with Crippen LogP contribution in [0.4, 0.5) is 0 Å². The van der Waals surface area contributed by atoms with Crippen molar-refractivity contribution in [2.45, 2.75) is 45.3 Å². The molecule has 0 aliphatic carbocycles. The molecule has 0 N–H and O–H groups in total. The second-order valence-electron chi connectivity index (χ2n) is 6.12. The molecule has 156 valence electrons. The van der Waals surface area contributed by atoms with E-state index in [9.17, 15) is 14.4 Å². The number of hydrogen-bond donors (Lipinski definition) is 0. The van der Waals surface area contributed by atoms with Crippen LogP contribution >= 0.6 is 23.2 Å². The first-order valence-corrected chi connectivity index (χ1v) is 9.11. The summed E-state index contributed by atoms with van der Waals surface area (Å²) in [6.45, 7) is 3.38. The number of carbonyl (C=O) groups excluding carboxylic acids is 3. The number of nitrogens with zero attached hydrogens (tertiary/aromatic N) is 4. The molecule has 4 atom stereocenters. The standard InChI is InChI=1S/C16H16Cl2N4O7/c1-6(23)26-4-9-11(27-7(2)24)12(28-8(3)25)15(29-9)22-5-19-10-13(17)20-16(18)21-14(10)22/h5,9,11-12,15H,4H2,1-3H3/t9-,11-,12+,15-/m1/s1. The topological polar surface area (TPSA) is 132 Å². The zero-order valence-electron chi connectivity index (χ0n) is 15.5. The Morgan fingerprint density at radius 1 is 1.07 bits per heavy atom. The molecule has 0 unspecified atom stereocenters. The van der Waals surface area contributed by atoms with Gasteiger partial charge < -0.3 is 18.9 Å². The third-order valence-corrected chi connectivity index (χ3v) is 4.40. The van der Waals surface area contributed by atoms with Gasteiger partial charge in [0.25, 0.3) is 0 Å². The Morgan fingerprint density at radius 3 is 2.34 bits per heavy atom. The Hall–Kier alpha value is -2.50. The molecule has 0 amide bonds. The average molecular weight is 447 g/mol. The number of hydrogen-bond acceptors (Lipinski definition) is 10. The van der Waals surface area contributed by atoms with Gasteiger partial charge in [0.05, 0.1) is 6.33 Å². The average Bonchev–Trinajstić information content (AvgIpc) is 3.15. The number of carbonyl (C=O) groups is 3. The highest BCUT2D eigenvalue weighted by Crippen LogP contribution is 2.36. The van der Waals surface area contributed by atoms with Crippen LogP contribution in [0.2, 0.25) is 10.4 Å². The lowest BCUT2D eigenvalue weighted by Crippen LogP contribution is -2.40. The summed E-state index contributed by atoms with van der Waals surface area (Å²) in [6, 6.07) is 0. The van der Waals surface area contributed by atoms with Gasteiger partial charge in [-0.2, -0.15) is 4.98 Å². The molecule has 1 aliphatic rings. The maximum atomic E-state index is 11.7. The molecule has 13 heteroatoms. The number of imidazole rings is 1. The third kappa shape index (κ3) is 4.57. The molecular formula is C16H16Cl2N4O7. The molecule has 3 rings (SSSR count). The van der Waals surface area contributed by atoms with Crippen molar-refractivity contribution in [1.29, 1.82) is 0 Å². The Labute approximate surface area is 174 Å². The smallest absolute Gasteiger partial charge is 0.303 e. The number of rotatable bonds is 5. The van der Waals surface area contributed by atoms with Crippen molar-refractivity contribution in [3.63, 3.8) is 0 Å². The zero-order chi connectivity index (χ0) is 21.3. The van der Waals surface area contributed by atoms with E-state index >= 15 is 0 Å². The van der Waals surface area contributed by atoms with Gasteiger partial charge in [0.1, 0.15) is 18.2 Å². The molecule has 2 aromatic heterocycles. The molecule has 0 aromatic carbocycles. The molecule has 1 fully saturated rings. The summed E-state index contributed by atoms with van der Waals surface area (Å²) < 4.78 is 23.0. The van der Waals surface area contributed by atoms with Crippen molar-refractivity contribution >= 4 is 52.3 Å². The van der Waals surface area contributed by atoms with E-state index in [2.05, 4.69) is 15.0 Å². The Morgan fingerprint density at radius 2 is 1.72 bits per heavy atom. The predicted octanol–water partition coefficient (Wildman–Crippen LogP) is 1.46. The van der Waals surface area contributed by atoms with Crippen LogP contribution in [0.5, 0.6) is 0 Å². The van der Waals surface area contributed by atoms with Crippen LogP contribution in [-0.4, -0.2) is 62.3 Å². The molecule has 11 nitrogen and oxygen atoms in total. The number of halogens is 2. The lowest BCUT2D eigenvalue weighted by Gasteiger charge is -2.23. The van der Waals surface area contributed by atoms with E-state index in [1.54, 1.807) is 0 Å². The first-order chi connectivity index (χ1) is 13.7. The SMILES string of the molecule is CC(=O)OC[C@H]1O[C@@H](n2cnc3c(Cl)nc(Cl)nc32)[C@@H](OC(C)=O)[C@@H]1OC(C)=O. The van der Waals surface area contributed by atoms with Crippen molar-refractivity contribution in [3.05, 3.63) is 16.8 Å². The molecule has 2 aromatic rings. The van der Waals surface area contributed by atoms with Crippen molar-refractivity contribution < 1.29 is 33.3 Å². The van der Waals surface area contributed by atoms with Crippen LogP contribution in [0.25, 0.3) is 11.2 Å². The van der Waals surface area contributed by atoms with Crippen LogP contribution in [0.15, 0.2) is 6.33 Å². The van der Waals surface area contributed by atoms with Gasteiger partial charge in [-0.1, -0.05) is 11.6 Å². The van der Waals surface area contributed by atoms with Gasteiger partial charge in [-0.3, -0.25) is 19.0 Å². The normalized spacial score (nSPS) is 23.8. The van der Waals surface area contributed by atoms with Crippen LogP contribution in [-0.2, 0) is 33.3 Å². The van der Waals surface area contributed by atoms with Crippen molar-refractivity contribution in [1.82, 2.24) is 19.5 Å². The lowest BCUT2D eigenvalue weighted by molar-refractivity contribution is -0.166. The predicted molar refractivity (Wildman–Crippen MR) is 97.0 cm³/mol. The van der Waals surface area contributed by atoms with Gasteiger partial charge in [-0.05, 0) is 11.6 Å². The molecule has 1 saturated heterocycles. The summed E-state index contributed by atoms with van der Waals surface area (Å²) in [5, 5.41) is -0.104. The summed E-state index contributed by atoms with van der Waals surface area (Å²) in [5.41, 5.74) is 0.459. The molecule has 1 aliphatic heterocycles. The van der Waals surface area contributed by atoms with Crippen molar-refractivity contribution in [2.24, 2.45) is 0 Å². The Balaban J connectivity index is 2.04. The minimum Gasteiger partial charge on any atom is -0.463 e. The summed E-state index contributed by atoms with van der Waals surface area (Å²) in [5.74, 6) is -1.82. The van der Waals surface area contributed by atoms with E-state index < -0.39 is 42.4 Å². The minimum absolute atomic E-state index is 0.0220. The minimum atomic E-state index is -1.08. The zero-order valence-corrected chi connectivity index (χ0v) is 17.0. The summed E-state index contributed by atoms with van der Waals surface area (Å²) in [7, 11) is 0. The number of esters is 3. The maximum Gasteiger partial charge on any atom is 0.303 e. The van der Waals surface area contributed by atoms with E-state index in [-0.39, 0.29) is 28.2 Å². The largest absolute Gasteiger partial charge is 0.463 e. The van der Waals surface area contributed by atoms with E-state index in [1.807, 2.05) is 0 Å². The fraction of sp³-hybridized carbons (Fsp3) is 0.500.